The number of carbonyl (C=O) groups excluding carboxylic acids is 1. The molecule has 0 aromatic carbocycles. The molecule has 2 rings (SSSR count). The fraction of sp³-hybridized carbons (Fsp3) is 0.462. The van der Waals surface area contributed by atoms with E-state index in [2.05, 4.69) is 37.2 Å². The van der Waals surface area contributed by atoms with Gasteiger partial charge < -0.3 is 5.32 Å². The number of amides is 1. The van der Waals surface area contributed by atoms with E-state index in [-0.39, 0.29) is 11.9 Å². The Hall–Kier alpha value is -1.45. The van der Waals surface area contributed by atoms with Gasteiger partial charge in [-0.2, -0.15) is 5.26 Å². The van der Waals surface area contributed by atoms with Crippen LogP contribution < -0.4 is 5.32 Å². The second-order valence-electron chi connectivity index (χ2n) is 4.57. The highest BCUT2D eigenvalue weighted by atomic mass is 79.9. The first-order valence-electron chi connectivity index (χ1n) is 6.20. The maximum atomic E-state index is 12.0. The second-order valence-corrected chi connectivity index (χ2v) is 5.49. The fourth-order valence-corrected chi connectivity index (χ4v) is 2.51. The van der Waals surface area contributed by atoms with E-state index < -0.39 is 0 Å². The number of likely N-dealkylation sites (tertiary alicyclic amines) is 1. The number of carbonyl (C=O) groups is 1. The van der Waals surface area contributed by atoms with Crippen molar-refractivity contribution >= 4 is 21.8 Å². The summed E-state index contributed by atoms with van der Waals surface area (Å²) in [6.45, 7) is 2.18. The number of halogens is 1. The predicted molar refractivity (Wildman–Crippen MR) is 74.5 cm³/mol. The summed E-state index contributed by atoms with van der Waals surface area (Å²) in [6, 6.07) is 4.09. The lowest BCUT2D eigenvalue weighted by molar-refractivity contribution is 0.0914. The van der Waals surface area contributed by atoms with E-state index in [1.807, 2.05) is 0 Å². The Morgan fingerprint density at radius 3 is 2.89 bits per heavy atom. The summed E-state index contributed by atoms with van der Waals surface area (Å²) in [5, 5.41) is 11.6. The molecule has 0 radical (unpaired) electrons. The van der Waals surface area contributed by atoms with Crippen molar-refractivity contribution in [1.29, 1.82) is 5.26 Å². The highest BCUT2D eigenvalue weighted by molar-refractivity contribution is 9.10. The third kappa shape index (κ3) is 4.01. The zero-order valence-corrected chi connectivity index (χ0v) is 12.1. The number of pyridine rings is 1. The van der Waals surface area contributed by atoms with Crippen molar-refractivity contribution in [3.63, 3.8) is 0 Å². The molecule has 5 nitrogen and oxygen atoms in total. The molecule has 1 fully saturated rings. The van der Waals surface area contributed by atoms with Crippen LogP contribution in [0.3, 0.4) is 0 Å². The van der Waals surface area contributed by atoms with Gasteiger partial charge in [0, 0.05) is 36.0 Å². The summed E-state index contributed by atoms with van der Waals surface area (Å²) in [6.07, 6.45) is 4.98. The van der Waals surface area contributed by atoms with Gasteiger partial charge in [0.1, 0.15) is 0 Å². The minimum atomic E-state index is -0.0902. The molecular formula is C13H15BrN4O. The number of rotatable bonds is 3. The molecule has 100 valence electrons. The molecule has 6 heteroatoms. The molecule has 2 heterocycles. The maximum absolute atomic E-state index is 12.0. The third-order valence-electron chi connectivity index (χ3n) is 3.18. The first kappa shape index (κ1) is 14.0. The zero-order valence-electron chi connectivity index (χ0n) is 10.5. The van der Waals surface area contributed by atoms with Crippen molar-refractivity contribution in [1.82, 2.24) is 15.2 Å². The largest absolute Gasteiger partial charge is 0.349 e. The van der Waals surface area contributed by atoms with Gasteiger partial charge in [-0.1, -0.05) is 0 Å². The second kappa shape index (κ2) is 6.64. The lowest BCUT2D eigenvalue weighted by atomic mass is 10.0. The fourth-order valence-electron chi connectivity index (χ4n) is 2.14. The molecule has 0 atom stereocenters. The van der Waals surface area contributed by atoms with Crippen LogP contribution in [-0.4, -0.2) is 41.5 Å². The summed E-state index contributed by atoms with van der Waals surface area (Å²) < 4.78 is 0.795. The van der Waals surface area contributed by atoms with Crippen LogP contribution in [0.2, 0.25) is 0 Å². The van der Waals surface area contributed by atoms with Gasteiger partial charge >= 0.3 is 0 Å². The van der Waals surface area contributed by atoms with Crippen molar-refractivity contribution < 1.29 is 4.79 Å². The molecule has 1 aromatic rings. The van der Waals surface area contributed by atoms with E-state index in [0.29, 0.717) is 12.1 Å². The van der Waals surface area contributed by atoms with E-state index in [1.54, 1.807) is 18.5 Å². The molecule has 1 saturated heterocycles. The molecule has 1 aliphatic rings. The Morgan fingerprint density at radius 2 is 2.26 bits per heavy atom. The van der Waals surface area contributed by atoms with Crippen LogP contribution in [0.1, 0.15) is 23.2 Å². The van der Waals surface area contributed by atoms with Crippen LogP contribution >= 0.6 is 15.9 Å². The Morgan fingerprint density at radius 1 is 1.53 bits per heavy atom. The lowest BCUT2D eigenvalue weighted by Crippen LogP contribution is -2.44. The Balaban J connectivity index is 1.86. The van der Waals surface area contributed by atoms with Crippen LogP contribution in [0.25, 0.3) is 0 Å². The molecule has 0 aliphatic carbocycles. The van der Waals surface area contributed by atoms with Crippen LogP contribution in [-0.2, 0) is 0 Å². The molecule has 0 bridgehead atoms. The van der Waals surface area contributed by atoms with Crippen LogP contribution in [0.5, 0.6) is 0 Å². The minimum absolute atomic E-state index is 0.0902. The lowest BCUT2D eigenvalue weighted by Gasteiger charge is -2.30. The summed E-state index contributed by atoms with van der Waals surface area (Å²) in [5.41, 5.74) is 0.564. The highest BCUT2D eigenvalue weighted by Crippen LogP contribution is 2.12. The zero-order chi connectivity index (χ0) is 13.7. The molecule has 1 amide bonds. The van der Waals surface area contributed by atoms with Crippen molar-refractivity contribution in [2.24, 2.45) is 0 Å². The van der Waals surface area contributed by atoms with Gasteiger partial charge in [-0.25, -0.2) is 0 Å². The molecule has 0 saturated carbocycles. The van der Waals surface area contributed by atoms with Gasteiger partial charge in [-0.3, -0.25) is 14.7 Å². The van der Waals surface area contributed by atoms with Gasteiger partial charge in [0.25, 0.3) is 5.91 Å². The van der Waals surface area contributed by atoms with Crippen LogP contribution in [0.15, 0.2) is 22.9 Å². The van der Waals surface area contributed by atoms with Crippen molar-refractivity contribution in [3.05, 3.63) is 28.5 Å². The van der Waals surface area contributed by atoms with Crippen molar-refractivity contribution in [2.75, 3.05) is 19.6 Å². The summed E-state index contributed by atoms with van der Waals surface area (Å²) in [7, 11) is 0. The normalized spacial score (nSPS) is 16.8. The van der Waals surface area contributed by atoms with E-state index in [4.69, 9.17) is 5.26 Å². The number of piperidine rings is 1. The molecular weight excluding hydrogens is 308 g/mol. The van der Waals surface area contributed by atoms with Gasteiger partial charge in [0.05, 0.1) is 18.2 Å². The maximum Gasteiger partial charge on any atom is 0.253 e. The molecule has 1 aromatic heterocycles. The van der Waals surface area contributed by atoms with Crippen molar-refractivity contribution in [3.8, 4) is 6.07 Å². The van der Waals surface area contributed by atoms with E-state index in [0.717, 1.165) is 30.4 Å². The number of aromatic nitrogens is 1. The molecule has 0 spiro atoms. The molecule has 1 N–H and O–H groups in total. The van der Waals surface area contributed by atoms with Gasteiger partial charge in [-0.15, -0.1) is 0 Å². The Bertz CT molecular complexity index is 492. The third-order valence-corrected chi connectivity index (χ3v) is 3.62. The number of nitrogens with one attached hydrogen (secondary N) is 1. The quantitative estimate of drug-likeness (QED) is 0.857. The average Bonchev–Trinajstić information content (AvgIpc) is 2.41. The summed E-state index contributed by atoms with van der Waals surface area (Å²) >= 11 is 3.30. The number of hydrogen-bond acceptors (Lipinski definition) is 4. The van der Waals surface area contributed by atoms with E-state index >= 15 is 0 Å². The Labute approximate surface area is 120 Å². The smallest absolute Gasteiger partial charge is 0.253 e. The van der Waals surface area contributed by atoms with Crippen LogP contribution in [0.4, 0.5) is 0 Å². The molecule has 1 aliphatic heterocycles. The number of hydrogen-bond donors (Lipinski definition) is 1. The minimum Gasteiger partial charge on any atom is -0.349 e. The topological polar surface area (TPSA) is 69.0 Å². The van der Waals surface area contributed by atoms with Crippen molar-refractivity contribution in [2.45, 2.75) is 18.9 Å². The first-order chi connectivity index (χ1) is 9.19. The van der Waals surface area contributed by atoms with Crippen LogP contribution in [0, 0.1) is 11.3 Å². The monoisotopic (exact) mass is 322 g/mol. The summed E-state index contributed by atoms with van der Waals surface area (Å²) in [5.74, 6) is -0.0902. The Kier molecular flexibility index (Phi) is 4.88. The van der Waals surface area contributed by atoms with Gasteiger partial charge in [0.15, 0.2) is 0 Å². The van der Waals surface area contributed by atoms with E-state index in [1.165, 1.54) is 0 Å². The SMILES string of the molecule is N#CCN1CCC(NC(=O)c2cncc(Br)c2)CC1. The van der Waals surface area contributed by atoms with Gasteiger partial charge in [0.2, 0.25) is 0 Å². The summed E-state index contributed by atoms with van der Waals surface area (Å²) in [4.78, 5) is 18.1. The average molecular weight is 323 g/mol. The van der Waals surface area contributed by atoms with E-state index in [9.17, 15) is 4.79 Å². The molecule has 0 unspecified atom stereocenters. The highest BCUT2D eigenvalue weighted by Gasteiger charge is 2.20. The number of nitrogens with zero attached hydrogens (tertiary/aromatic N) is 3. The molecule has 19 heavy (non-hydrogen) atoms. The number of nitriles is 1. The first-order valence-corrected chi connectivity index (χ1v) is 6.99. The standard InChI is InChI=1S/C13H15BrN4O/c14-11-7-10(8-16-9-11)13(19)17-12-1-4-18(5-2-12)6-3-15/h7-9,12H,1-2,4-6H2,(H,17,19). The predicted octanol–water partition coefficient (Wildman–Crippen LogP) is 1.56. The van der Waals surface area contributed by atoms with Gasteiger partial charge in [-0.05, 0) is 34.8 Å².